The molecule has 18 heavy (non-hydrogen) atoms. The van der Waals surface area contributed by atoms with Crippen molar-refractivity contribution in [1.82, 2.24) is 5.32 Å². The van der Waals surface area contributed by atoms with Crippen LogP contribution in [0.3, 0.4) is 0 Å². The van der Waals surface area contributed by atoms with Gasteiger partial charge in [0.2, 0.25) is 5.91 Å². The van der Waals surface area contributed by atoms with Gasteiger partial charge in [0.15, 0.2) is 6.10 Å². The first-order chi connectivity index (χ1) is 8.40. The van der Waals surface area contributed by atoms with Crippen molar-refractivity contribution in [3.8, 4) is 5.75 Å². The monoisotopic (exact) mass is 334 g/mol. The molecule has 0 aliphatic rings. The van der Waals surface area contributed by atoms with E-state index in [0.29, 0.717) is 15.2 Å². The van der Waals surface area contributed by atoms with E-state index in [9.17, 15) is 9.59 Å². The lowest BCUT2D eigenvalue weighted by Crippen LogP contribution is -2.40. The van der Waals surface area contributed by atoms with Gasteiger partial charge in [-0.25, -0.2) is 0 Å². The number of carbonyl (C=O) groups excluding carboxylic acids is 2. The Hall–Kier alpha value is -1.27. The summed E-state index contributed by atoms with van der Waals surface area (Å²) in [6, 6.07) is 4.95. The fourth-order valence-corrected chi connectivity index (χ4v) is 1.91. The highest BCUT2D eigenvalue weighted by Crippen LogP contribution is 2.28. The molecule has 1 unspecified atom stereocenters. The van der Waals surface area contributed by atoms with Crippen molar-refractivity contribution in [2.24, 2.45) is 5.73 Å². The molecule has 1 aromatic carbocycles. The molecule has 1 rings (SSSR count). The Kier molecular flexibility index (Phi) is 5.43. The van der Waals surface area contributed by atoms with E-state index in [2.05, 4.69) is 21.2 Å². The number of primary amides is 1. The van der Waals surface area contributed by atoms with E-state index in [4.69, 9.17) is 22.1 Å². The van der Waals surface area contributed by atoms with E-state index in [1.807, 2.05) is 0 Å². The lowest BCUT2D eigenvalue weighted by atomic mass is 10.3. The molecule has 1 atom stereocenters. The van der Waals surface area contributed by atoms with Crippen LogP contribution in [-0.2, 0) is 9.59 Å². The highest BCUT2D eigenvalue weighted by molar-refractivity contribution is 9.10. The van der Waals surface area contributed by atoms with Crippen LogP contribution in [-0.4, -0.2) is 24.5 Å². The van der Waals surface area contributed by atoms with Crippen LogP contribution in [0.2, 0.25) is 5.02 Å². The van der Waals surface area contributed by atoms with E-state index in [1.165, 1.54) is 0 Å². The number of nitrogens with one attached hydrogen (secondary N) is 1. The van der Waals surface area contributed by atoms with Gasteiger partial charge in [-0.15, -0.1) is 0 Å². The number of ether oxygens (including phenoxy) is 1. The molecule has 0 aromatic heterocycles. The zero-order chi connectivity index (χ0) is 13.7. The first-order valence-electron chi connectivity index (χ1n) is 5.08. The molecule has 0 saturated carbocycles. The van der Waals surface area contributed by atoms with Gasteiger partial charge >= 0.3 is 0 Å². The Morgan fingerprint density at radius 1 is 1.56 bits per heavy atom. The number of hydrogen-bond acceptors (Lipinski definition) is 3. The van der Waals surface area contributed by atoms with Crippen LogP contribution >= 0.6 is 27.5 Å². The standard InChI is InChI=1S/C11H12BrClN2O3/c1-6(11(17)15-5-10(14)16)18-9-3-2-7(13)4-8(9)12/h2-4,6H,5H2,1H3,(H2,14,16)(H,15,17). The maximum absolute atomic E-state index is 11.5. The summed E-state index contributed by atoms with van der Waals surface area (Å²) < 4.78 is 6.07. The van der Waals surface area contributed by atoms with Gasteiger partial charge < -0.3 is 15.8 Å². The summed E-state index contributed by atoms with van der Waals surface area (Å²) in [5, 5.41) is 2.91. The fourth-order valence-electron chi connectivity index (χ4n) is 1.13. The second-order valence-corrected chi connectivity index (χ2v) is 4.81. The molecule has 0 aliphatic carbocycles. The molecule has 1 aromatic rings. The molecule has 0 spiro atoms. The normalized spacial score (nSPS) is 11.7. The first-order valence-corrected chi connectivity index (χ1v) is 6.25. The third-order valence-electron chi connectivity index (χ3n) is 2.00. The molecule has 98 valence electrons. The summed E-state index contributed by atoms with van der Waals surface area (Å²) in [4.78, 5) is 22.1. The number of amides is 2. The molecule has 0 aliphatic heterocycles. The van der Waals surface area contributed by atoms with E-state index < -0.39 is 17.9 Å². The van der Waals surface area contributed by atoms with Crippen molar-refractivity contribution < 1.29 is 14.3 Å². The molecule has 0 radical (unpaired) electrons. The van der Waals surface area contributed by atoms with Crippen molar-refractivity contribution in [2.75, 3.05) is 6.54 Å². The molecule has 2 amide bonds. The van der Waals surface area contributed by atoms with Crippen LogP contribution in [0.25, 0.3) is 0 Å². The number of nitrogens with two attached hydrogens (primary N) is 1. The van der Waals surface area contributed by atoms with Gasteiger partial charge in [0, 0.05) is 5.02 Å². The van der Waals surface area contributed by atoms with E-state index >= 15 is 0 Å². The van der Waals surface area contributed by atoms with Gasteiger partial charge in [-0.3, -0.25) is 9.59 Å². The topological polar surface area (TPSA) is 81.4 Å². The van der Waals surface area contributed by atoms with Gasteiger partial charge in [-0.1, -0.05) is 11.6 Å². The summed E-state index contributed by atoms with van der Waals surface area (Å²) in [5.74, 6) is -0.542. The van der Waals surface area contributed by atoms with E-state index in [-0.39, 0.29) is 6.54 Å². The van der Waals surface area contributed by atoms with Crippen LogP contribution in [0.15, 0.2) is 22.7 Å². The smallest absolute Gasteiger partial charge is 0.261 e. The number of halogens is 2. The van der Waals surface area contributed by atoms with Crippen LogP contribution in [0.5, 0.6) is 5.75 Å². The third-order valence-corrected chi connectivity index (χ3v) is 2.86. The van der Waals surface area contributed by atoms with Crippen molar-refractivity contribution in [3.05, 3.63) is 27.7 Å². The molecule has 3 N–H and O–H groups in total. The largest absolute Gasteiger partial charge is 0.480 e. The van der Waals surface area contributed by atoms with Crippen molar-refractivity contribution >= 4 is 39.3 Å². The van der Waals surface area contributed by atoms with Crippen molar-refractivity contribution in [1.29, 1.82) is 0 Å². The number of rotatable bonds is 5. The van der Waals surface area contributed by atoms with Gasteiger partial charge in [-0.2, -0.15) is 0 Å². The predicted molar refractivity (Wildman–Crippen MR) is 71.4 cm³/mol. The van der Waals surface area contributed by atoms with Gasteiger partial charge in [0.25, 0.3) is 5.91 Å². The molecule has 0 saturated heterocycles. The minimum atomic E-state index is -0.748. The molecule has 5 nitrogen and oxygen atoms in total. The minimum Gasteiger partial charge on any atom is -0.480 e. The van der Waals surface area contributed by atoms with E-state index in [0.717, 1.165) is 0 Å². The van der Waals surface area contributed by atoms with Crippen molar-refractivity contribution in [3.63, 3.8) is 0 Å². The van der Waals surface area contributed by atoms with Crippen molar-refractivity contribution in [2.45, 2.75) is 13.0 Å². The Balaban J connectivity index is 2.60. The minimum absolute atomic E-state index is 0.214. The number of benzene rings is 1. The van der Waals surface area contributed by atoms with Gasteiger partial charge in [0.05, 0.1) is 11.0 Å². The van der Waals surface area contributed by atoms with Crippen LogP contribution in [0.4, 0.5) is 0 Å². The molecule has 7 heteroatoms. The molecule has 0 bridgehead atoms. The quantitative estimate of drug-likeness (QED) is 0.855. The number of carbonyl (C=O) groups is 2. The fraction of sp³-hybridized carbons (Fsp3) is 0.273. The number of hydrogen-bond donors (Lipinski definition) is 2. The highest BCUT2D eigenvalue weighted by atomic mass is 79.9. The summed E-state index contributed by atoms with van der Waals surface area (Å²) in [5.41, 5.74) is 4.92. The van der Waals surface area contributed by atoms with E-state index in [1.54, 1.807) is 25.1 Å². The predicted octanol–water partition coefficient (Wildman–Crippen LogP) is 1.47. The van der Waals surface area contributed by atoms with Gasteiger partial charge in [0.1, 0.15) is 5.75 Å². The summed E-state index contributed by atoms with van der Waals surface area (Å²) in [6.07, 6.45) is -0.748. The summed E-state index contributed by atoms with van der Waals surface area (Å²) in [7, 11) is 0. The Morgan fingerprint density at radius 3 is 2.78 bits per heavy atom. The molecular weight excluding hydrogens is 323 g/mol. The SMILES string of the molecule is CC(Oc1ccc(Cl)cc1Br)C(=O)NCC(N)=O. The van der Waals surface area contributed by atoms with Crippen LogP contribution in [0, 0.1) is 0 Å². The Labute approximate surface area is 118 Å². The average Bonchev–Trinajstić information content (AvgIpc) is 2.29. The summed E-state index contributed by atoms with van der Waals surface area (Å²) >= 11 is 9.06. The maximum atomic E-state index is 11.5. The Morgan fingerprint density at radius 2 is 2.22 bits per heavy atom. The Bertz CT molecular complexity index is 468. The zero-order valence-corrected chi connectivity index (χ0v) is 11.9. The summed E-state index contributed by atoms with van der Waals surface area (Å²) in [6.45, 7) is 1.35. The first kappa shape index (κ1) is 14.8. The maximum Gasteiger partial charge on any atom is 0.261 e. The molecular formula is C11H12BrClN2O3. The molecule has 0 heterocycles. The lowest BCUT2D eigenvalue weighted by Gasteiger charge is -2.15. The highest BCUT2D eigenvalue weighted by Gasteiger charge is 2.16. The van der Waals surface area contributed by atoms with Crippen LogP contribution < -0.4 is 15.8 Å². The second kappa shape index (κ2) is 6.61. The second-order valence-electron chi connectivity index (χ2n) is 3.52. The average molecular weight is 336 g/mol. The third kappa shape index (κ3) is 4.54. The molecule has 0 fully saturated rings. The van der Waals surface area contributed by atoms with Crippen LogP contribution in [0.1, 0.15) is 6.92 Å². The zero-order valence-electron chi connectivity index (χ0n) is 9.57. The lowest BCUT2D eigenvalue weighted by molar-refractivity contribution is -0.129. The van der Waals surface area contributed by atoms with Gasteiger partial charge in [-0.05, 0) is 41.1 Å².